The molecule has 0 aliphatic carbocycles. The van der Waals surface area contributed by atoms with Crippen LogP contribution in [0, 0.1) is 5.92 Å². The first kappa shape index (κ1) is 19.2. The Balaban J connectivity index is 0.00000208. The van der Waals surface area contributed by atoms with E-state index < -0.39 is 0 Å². The Bertz CT molecular complexity index is 726. The molecule has 0 atom stereocenters. The van der Waals surface area contributed by atoms with Gasteiger partial charge in [0.2, 0.25) is 0 Å². The van der Waals surface area contributed by atoms with Crippen molar-refractivity contribution in [2.24, 2.45) is 5.92 Å². The minimum Gasteiger partial charge on any atom is -0.317 e. The average molecular weight is 371 g/mol. The Morgan fingerprint density at radius 2 is 2.08 bits per heavy atom. The molecule has 0 radical (unpaired) electrons. The molecule has 0 saturated carbocycles. The van der Waals surface area contributed by atoms with E-state index in [1.54, 1.807) is 24.4 Å². The highest BCUT2D eigenvalue weighted by molar-refractivity contribution is 6.30. The normalized spacial score (nSPS) is 16.2. The van der Waals surface area contributed by atoms with Crippen molar-refractivity contribution in [1.82, 2.24) is 19.6 Å². The molecule has 3 heterocycles. The summed E-state index contributed by atoms with van der Waals surface area (Å²) in [6.07, 6.45) is 4.02. The lowest BCUT2D eigenvalue weighted by atomic mass is 9.96. The Kier molecular flexibility index (Phi) is 7.04. The third-order valence-electron chi connectivity index (χ3n) is 4.45. The standard InChI is InChI=1S/C17H23ClN4O.ClH/c1-2-19-10-13-5-7-21(8-6-13)12-15-9-17(23)22-11-14(18)3-4-16(22)20-15;/h3-4,9,11,13,19H,2,5-8,10,12H2,1H3;1H. The second-order valence-corrected chi connectivity index (χ2v) is 6.62. The zero-order chi connectivity index (χ0) is 16.2. The fraction of sp³-hybridized carbons (Fsp3) is 0.529. The Morgan fingerprint density at radius 1 is 1.33 bits per heavy atom. The second kappa shape index (κ2) is 8.81. The molecular weight excluding hydrogens is 347 g/mol. The first-order chi connectivity index (χ1) is 11.2. The fourth-order valence-electron chi connectivity index (χ4n) is 3.13. The summed E-state index contributed by atoms with van der Waals surface area (Å²) in [5, 5.41) is 3.97. The van der Waals surface area contributed by atoms with E-state index in [1.165, 1.54) is 17.2 Å². The molecule has 7 heteroatoms. The average Bonchev–Trinajstić information content (AvgIpc) is 2.55. The van der Waals surface area contributed by atoms with E-state index in [4.69, 9.17) is 11.6 Å². The molecule has 3 rings (SSSR count). The molecule has 24 heavy (non-hydrogen) atoms. The van der Waals surface area contributed by atoms with Gasteiger partial charge in [-0.25, -0.2) is 4.98 Å². The number of aromatic nitrogens is 2. The van der Waals surface area contributed by atoms with Crippen molar-refractivity contribution < 1.29 is 0 Å². The zero-order valence-corrected chi connectivity index (χ0v) is 15.4. The van der Waals surface area contributed by atoms with Gasteiger partial charge in [-0.1, -0.05) is 18.5 Å². The highest BCUT2D eigenvalue weighted by Crippen LogP contribution is 2.18. The van der Waals surface area contributed by atoms with Crippen LogP contribution in [0.3, 0.4) is 0 Å². The van der Waals surface area contributed by atoms with Gasteiger partial charge in [-0.15, -0.1) is 12.4 Å². The lowest BCUT2D eigenvalue weighted by Gasteiger charge is -2.31. The molecule has 1 aliphatic rings. The maximum atomic E-state index is 12.2. The number of nitrogens with one attached hydrogen (secondary N) is 1. The predicted molar refractivity (Wildman–Crippen MR) is 100 cm³/mol. The highest BCUT2D eigenvalue weighted by atomic mass is 35.5. The summed E-state index contributed by atoms with van der Waals surface area (Å²) in [5.74, 6) is 0.767. The van der Waals surface area contributed by atoms with E-state index in [0.717, 1.165) is 44.3 Å². The van der Waals surface area contributed by atoms with E-state index in [1.807, 2.05) is 0 Å². The van der Waals surface area contributed by atoms with E-state index in [-0.39, 0.29) is 18.0 Å². The molecule has 0 bridgehead atoms. The van der Waals surface area contributed by atoms with Crippen LogP contribution in [0.25, 0.3) is 5.65 Å². The smallest absolute Gasteiger partial charge is 0.258 e. The van der Waals surface area contributed by atoms with E-state index in [0.29, 0.717) is 10.7 Å². The molecule has 1 N–H and O–H groups in total. The van der Waals surface area contributed by atoms with Crippen molar-refractivity contribution in [3.63, 3.8) is 0 Å². The molecule has 1 saturated heterocycles. The Hall–Kier alpha value is -1.14. The van der Waals surface area contributed by atoms with Crippen LogP contribution in [0.15, 0.2) is 29.2 Å². The number of fused-ring (bicyclic) bond motifs is 1. The highest BCUT2D eigenvalue weighted by Gasteiger charge is 2.19. The van der Waals surface area contributed by atoms with E-state index in [9.17, 15) is 4.79 Å². The third-order valence-corrected chi connectivity index (χ3v) is 4.68. The van der Waals surface area contributed by atoms with Crippen molar-refractivity contribution in [3.8, 4) is 0 Å². The van der Waals surface area contributed by atoms with Gasteiger partial charge in [0.15, 0.2) is 0 Å². The number of halogens is 2. The number of pyridine rings is 1. The SMILES string of the molecule is CCNCC1CCN(Cc2cc(=O)n3cc(Cl)ccc3n2)CC1.Cl. The van der Waals surface area contributed by atoms with Gasteiger partial charge >= 0.3 is 0 Å². The predicted octanol–water partition coefficient (Wildman–Crippen LogP) is 2.59. The number of nitrogens with zero attached hydrogens (tertiary/aromatic N) is 3. The minimum atomic E-state index is -0.0745. The van der Waals surface area contributed by atoms with Crippen molar-refractivity contribution in [2.45, 2.75) is 26.3 Å². The lowest BCUT2D eigenvalue weighted by Crippen LogP contribution is -2.37. The summed E-state index contributed by atoms with van der Waals surface area (Å²) in [4.78, 5) is 19.2. The lowest BCUT2D eigenvalue weighted by molar-refractivity contribution is 0.174. The van der Waals surface area contributed by atoms with Crippen LogP contribution in [-0.4, -0.2) is 40.5 Å². The van der Waals surface area contributed by atoms with Crippen molar-refractivity contribution in [1.29, 1.82) is 0 Å². The molecule has 132 valence electrons. The van der Waals surface area contributed by atoms with Gasteiger partial charge in [-0.05, 0) is 57.1 Å². The van der Waals surface area contributed by atoms with Gasteiger partial charge in [0.25, 0.3) is 5.56 Å². The molecule has 2 aromatic heterocycles. The number of hydrogen-bond acceptors (Lipinski definition) is 4. The van der Waals surface area contributed by atoms with Crippen LogP contribution in [0.4, 0.5) is 0 Å². The summed E-state index contributed by atoms with van der Waals surface area (Å²) in [5.41, 5.74) is 1.41. The summed E-state index contributed by atoms with van der Waals surface area (Å²) < 4.78 is 1.49. The molecule has 0 spiro atoms. The Morgan fingerprint density at radius 3 is 2.79 bits per heavy atom. The largest absolute Gasteiger partial charge is 0.317 e. The third kappa shape index (κ3) is 4.70. The van der Waals surface area contributed by atoms with Gasteiger partial charge in [0.1, 0.15) is 5.65 Å². The van der Waals surface area contributed by atoms with Crippen molar-refractivity contribution in [3.05, 3.63) is 45.5 Å². The van der Waals surface area contributed by atoms with Gasteiger partial charge in [-0.3, -0.25) is 14.1 Å². The quantitative estimate of drug-likeness (QED) is 0.878. The number of piperidine rings is 1. The summed E-state index contributed by atoms with van der Waals surface area (Å²) in [6.45, 7) is 7.17. The van der Waals surface area contributed by atoms with Gasteiger partial charge < -0.3 is 5.32 Å². The van der Waals surface area contributed by atoms with E-state index in [2.05, 4.69) is 22.1 Å². The van der Waals surface area contributed by atoms with Gasteiger partial charge in [0, 0.05) is 18.8 Å². The zero-order valence-electron chi connectivity index (χ0n) is 13.9. The first-order valence-electron chi connectivity index (χ1n) is 8.26. The van der Waals surface area contributed by atoms with Crippen LogP contribution >= 0.6 is 24.0 Å². The molecular formula is C17H24Cl2N4O. The fourth-order valence-corrected chi connectivity index (χ4v) is 3.29. The van der Waals surface area contributed by atoms with Gasteiger partial charge in [-0.2, -0.15) is 0 Å². The molecule has 2 aromatic rings. The van der Waals surface area contributed by atoms with Gasteiger partial charge in [0.05, 0.1) is 10.7 Å². The molecule has 0 aromatic carbocycles. The maximum absolute atomic E-state index is 12.2. The van der Waals surface area contributed by atoms with Crippen LogP contribution in [0.5, 0.6) is 0 Å². The summed E-state index contributed by atoms with van der Waals surface area (Å²) in [6, 6.07) is 5.17. The Labute approximate surface area is 153 Å². The molecule has 1 fully saturated rings. The molecule has 0 unspecified atom stereocenters. The van der Waals surface area contributed by atoms with Crippen LogP contribution in [0.1, 0.15) is 25.5 Å². The van der Waals surface area contributed by atoms with Crippen LogP contribution < -0.4 is 10.9 Å². The number of likely N-dealkylation sites (tertiary alicyclic amines) is 1. The molecule has 0 amide bonds. The van der Waals surface area contributed by atoms with Crippen LogP contribution in [0.2, 0.25) is 5.02 Å². The van der Waals surface area contributed by atoms with E-state index >= 15 is 0 Å². The number of rotatable bonds is 5. The summed E-state index contributed by atoms with van der Waals surface area (Å²) in [7, 11) is 0. The van der Waals surface area contributed by atoms with Crippen LogP contribution in [-0.2, 0) is 6.54 Å². The number of hydrogen-bond donors (Lipinski definition) is 1. The topological polar surface area (TPSA) is 49.6 Å². The minimum absolute atomic E-state index is 0. The van der Waals surface area contributed by atoms with Crippen molar-refractivity contribution in [2.75, 3.05) is 26.2 Å². The van der Waals surface area contributed by atoms with Crippen molar-refractivity contribution >= 4 is 29.7 Å². The summed E-state index contributed by atoms with van der Waals surface area (Å²) >= 11 is 5.94. The maximum Gasteiger partial charge on any atom is 0.258 e. The molecule has 5 nitrogen and oxygen atoms in total. The monoisotopic (exact) mass is 370 g/mol. The first-order valence-corrected chi connectivity index (χ1v) is 8.64. The molecule has 1 aliphatic heterocycles. The second-order valence-electron chi connectivity index (χ2n) is 6.19.